The molecule has 0 spiro atoms. The smallest absolute Gasteiger partial charge is 0.320 e. The third-order valence-corrected chi connectivity index (χ3v) is 9.92. The van der Waals surface area contributed by atoms with Gasteiger partial charge in [-0.3, -0.25) is 34.2 Å². The molecule has 3 aliphatic heterocycles. The van der Waals surface area contributed by atoms with Crippen molar-refractivity contribution in [3.8, 4) is 0 Å². The van der Waals surface area contributed by atoms with Gasteiger partial charge in [-0.1, -0.05) is 12.1 Å². The maximum absolute atomic E-state index is 15.1. The van der Waals surface area contributed by atoms with Crippen molar-refractivity contribution in [2.75, 3.05) is 74.6 Å². The van der Waals surface area contributed by atoms with E-state index in [1.165, 1.54) is 14.2 Å². The van der Waals surface area contributed by atoms with Gasteiger partial charge in [-0.05, 0) is 65.2 Å². The molecule has 2 aromatic rings. The van der Waals surface area contributed by atoms with Crippen molar-refractivity contribution in [3.63, 3.8) is 0 Å². The summed E-state index contributed by atoms with van der Waals surface area (Å²) in [6.45, 7) is 5.59. The Bertz CT molecular complexity index is 1230. The normalized spacial score (nSPS) is 31.0. The first-order valence-electron chi connectivity index (χ1n) is 14.9. The van der Waals surface area contributed by atoms with Crippen LogP contribution in [-0.4, -0.2) is 127 Å². The third kappa shape index (κ3) is 5.48. The first kappa shape index (κ1) is 31.2. The molecule has 0 aliphatic carbocycles. The Labute approximate surface area is 254 Å². The van der Waals surface area contributed by atoms with Crippen LogP contribution in [0, 0.1) is 10.8 Å². The van der Waals surface area contributed by atoms with Crippen LogP contribution >= 0.6 is 0 Å². The highest BCUT2D eigenvalue weighted by molar-refractivity contribution is 6.16. The number of carbonyl (C=O) groups is 3. The van der Waals surface area contributed by atoms with Crippen molar-refractivity contribution < 1.29 is 23.9 Å². The maximum atomic E-state index is 15.1. The van der Waals surface area contributed by atoms with Crippen LogP contribution in [0.3, 0.4) is 0 Å². The zero-order valence-electron chi connectivity index (χ0n) is 26.2. The van der Waals surface area contributed by atoms with E-state index in [0.717, 1.165) is 24.5 Å². The summed E-state index contributed by atoms with van der Waals surface area (Å²) >= 11 is 0. The zero-order valence-corrected chi connectivity index (χ0v) is 26.2. The van der Waals surface area contributed by atoms with E-state index < -0.39 is 46.2 Å². The molecule has 3 fully saturated rings. The number of hydrogen-bond donors (Lipinski definition) is 0. The van der Waals surface area contributed by atoms with Gasteiger partial charge in [-0.25, -0.2) is 0 Å². The lowest BCUT2D eigenvalue weighted by atomic mass is 9.58. The van der Waals surface area contributed by atoms with Crippen molar-refractivity contribution >= 4 is 17.7 Å². The van der Waals surface area contributed by atoms with Gasteiger partial charge in [-0.15, -0.1) is 0 Å². The SMILES string of the molecule is COC(=O)C12CC(c3ccccn3)N(C)C(c3ccccn3)CC(C(=O)OC)(CN(C3(C)CN(C)CCN(C)C3)C1)C2=O. The molecule has 43 heavy (non-hydrogen) atoms. The van der Waals surface area contributed by atoms with Crippen molar-refractivity contribution in [1.82, 2.24) is 29.6 Å². The van der Waals surface area contributed by atoms with Gasteiger partial charge in [-0.2, -0.15) is 0 Å². The van der Waals surface area contributed by atoms with E-state index in [9.17, 15) is 9.59 Å². The average molecular weight is 593 g/mol. The lowest BCUT2D eigenvalue weighted by Gasteiger charge is -2.57. The molecule has 5 rings (SSSR count). The number of carbonyl (C=O) groups excluding carboxylic acids is 3. The number of aromatic nitrogens is 2. The monoisotopic (exact) mass is 592 g/mol. The van der Waals surface area contributed by atoms with Gasteiger partial charge in [0.05, 0.1) is 37.7 Å². The van der Waals surface area contributed by atoms with Crippen LogP contribution in [0.4, 0.5) is 0 Å². The Morgan fingerprint density at radius 3 is 1.58 bits per heavy atom. The quantitative estimate of drug-likeness (QED) is 0.375. The second-order valence-electron chi connectivity index (χ2n) is 12.9. The molecule has 0 saturated carbocycles. The van der Waals surface area contributed by atoms with Crippen molar-refractivity contribution in [2.24, 2.45) is 10.8 Å². The summed E-state index contributed by atoms with van der Waals surface area (Å²) in [4.78, 5) is 61.5. The van der Waals surface area contributed by atoms with Crippen LogP contribution < -0.4 is 0 Å². The fraction of sp³-hybridized carbons (Fsp3) is 0.594. The number of likely N-dealkylation sites (tertiary alicyclic amines) is 2. The van der Waals surface area contributed by atoms with Crippen molar-refractivity contribution in [2.45, 2.75) is 37.4 Å². The van der Waals surface area contributed by atoms with Gasteiger partial charge in [0.1, 0.15) is 10.8 Å². The van der Waals surface area contributed by atoms with Crippen LogP contribution in [0.2, 0.25) is 0 Å². The number of esters is 2. The van der Waals surface area contributed by atoms with Gasteiger partial charge >= 0.3 is 11.9 Å². The van der Waals surface area contributed by atoms with Crippen LogP contribution in [0.1, 0.15) is 43.2 Å². The summed E-state index contributed by atoms with van der Waals surface area (Å²) in [6, 6.07) is 10.4. The second-order valence-corrected chi connectivity index (χ2v) is 12.9. The Morgan fingerprint density at radius 1 is 0.767 bits per heavy atom. The molecule has 2 aromatic heterocycles. The summed E-state index contributed by atoms with van der Waals surface area (Å²) in [7, 11) is 8.74. The molecule has 11 nitrogen and oxygen atoms in total. The molecule has 0 aromatic carbocycles. The molecule has 0 N–H and O–H groups in total. The lowest BCUT2D eigenvalue weighted by Crippen LogP contribution is -2.72. The predicted molar refractivity (Wildman–Crippen MR) is 160 cm³/mol. The minimum Gasteiger partial charge on any atom is -0.468 e. The Balaban J connectivity index is 1.76. The fourth-order valence-electron chi connectivity index (χ4n) is 7.73. The van der Waals surface area contributed by atoms with Crippen LogP contribution in [0.5, 0.6) is 0 Å². The topological polar surface area (TPSA) is 108 Å². The fourth-order valence-corrected chi connectivity index (χ4v) is 7.73. The second kappa shape index (κ2) is 12.0. The zero-order chi connectivity index (χ0) is 31.0. The van der Waals surface area contributed by atoms with E-state index in [1.54, 1.807) is 12.4 Å². The summed E-state index contributed by atoms with van der Waals surface area (Å²) in [5.74, 6) is -1.72. The first-order chi connectivity index (χ1) is 20.5. The van der Waals surface area contributed by atoms with E-state index >= 15 is 4.79 Å². The molecule has 3 aliphatic rings. The van der Waals surface area contributed by atoms with Crippen LogP contribution in [0.15, 0.2) is 48.8 Å². The Kier molecular flexibility index (Phi) is 8.72. The lowest BCUT2D eigenvalue weighted by molar-refractivity contribution is -0.188. The summed E-state index contributed by atoms with van der Waals surface area (Å²) in [6.07, 6.45) is 3.61. The number of ketones is 1. The molecule has 0 radical (unpaired) electrons. The van der Waals surface area contributed by atoms with Gasteiger partial charge in [0.25, 0.3) is 0 Å². The average Bonchev–Trinajstić information content (AvgIpc) is 3.15. The number of fused-ring (bicyclic) bond motifs is 2. The number of piperidine rings is 1. The summed E-state index contributed by atoms with van der Waals surface area (Å²) in [5.41, 5.74) is -2.31. The molecule has 3 saturated heterocycles. The van der Waals surface area contributed by atoms with E-state index in [0.29, 0.717) is 13.1 Å². The highest BCUT2D eigenvalue weighted by atomic mass is 16.5. The Morgan fingerprint density at radius 2 is 1.21 bits per heavy atom. The molecular weight excluding hydrogens is 548 g/mol. The van der Waals surface area contributed by atoms with Gasteiger partial charge in [0, 0.05) is 57.2 Å². The van der Waals surface area contributed by atoms with Crippen LogP contribution in [0.25, 0.3) is 0 Å². The number of nitrogens with zero attached hydrogens (tertiary/aromatic N) is 6. The summed E-state index contributed by atoms with van der Waals surface area (Å²) in [5, 5.41) is 0. The number of rotatable bonds is 5. The molecule has 4 unspecified atom stereocenters. The largest absolute Gasteiger partial charge is 0.468 e. The van der Waals surface area contributed by atoms with Crippen LogP contribution in [-0.2, 0) is 23.9 Å². The molecule has 5 heterocycles. The molecule has 0 amide bonds. The summed E-state index contributed by atoms with van der Waals surface area (Å²) < 4.78 is 10.9. The highest BCUT2D eigenvalue weighted by Crippen LogP contribution is 2.54. The number of likely N-dealkylation sites (N-methyl/N-ethyl adjacent to an activating group) is 2. The maximum Gasteiger partial charge on any atom is 0.320 e. The standard InChI is InChI=1S/C32H44N6O5/c1-30(19-35(2)15-16-36(3)20-30)38-21-31(28(40)42-5)17-25(23-11-7-9-13-33-23)37(4)26(24-12-8-10-14-34-24)18-32(22-38,27(31)39)29(41)43-6/h7-14,25-26H,15-22H2,1-6H3. The van der Waals surface area contributed by atoms with E-state index in [1.807, 2.05) is 43.4 Å². The van der Waals surface area contributed by atoms with Gasteiger partial charge in [0.15, 0.2) is 5.78 Å². The first-order valence-corrected chi connectivity index (χ1v) is 14.9. The highest BCUT2D eigenvalue weighted by Gasteiger charge is 2.68. The Hall–Kier alpha value is -3.25. The molecule has 232 valence electrons. The van der Waals surface area contributed by atoms with E-state index in [2.05, 4.69) is 50.6 Å². The van der Waals surface area contributed by atoms with E-state index in [4.69, 9.17) is 9.47 Å². The minimum atomic E-state index is -1.64. The number of ether oxygens (including phenoxy) is 2. The number of Topliss-reactive ketones (excluding diaryl/α,β-unsaturated/α-hetero) is 1. The third-order valence-electron chi connectivity index (χ3n) is 9.92. The number of methoxy groups -OCH3 is 2. The molecule has 2 bridgehead atoms. The molecule has 4 atom stereocenters. The van der Waals surface area contributed by atoms with Gasteiger partial charge < -0.3 is 19.3 Å². The van der Waals surface area contributed by atoms with E-state index in [-0.39, 0.29) is 25.9 Å². The number of pyridine rings is 2. The molecular formula is C32H44N6O5. The van der Waals surface area contributed by atoms with Gasteiger partial charge in [0.2, 0.25) is 0 Å². The van der Waals surface area contributed by atoms with Crippen molar-refractivity contribution in [3.05, 3.63) is 60.2 Å². The molecule has 11 heteroatoms. The number of hydrogen-bond acceptors (Lipinski definition) is 11. The predicted octanol–water partition coefficient (Wildman–Crippen LogP) is 1.82. The van der Waals surface area contributed by atoms with Crippen molar-refractivity contribution in [1.29, 1.82) is 0 Å². The minimum absolute atomic E-state index is 0.0896.